The zero-order valence-electron chi connectivity index (χ0n) is 13.1. The Hall–Kier alpha value is -2.94. The van der Waals surface area contributed by atoms with Gasteiger partial charge in [-0.3, -0.25) is 19.8 Å². The molecule has 1 aromatic carbocycles. The lowest BCUT2D eigenvalue weighted by molar-refractivity contribution is -0.384. The number of unbranched alkanes of at least 4 members (excludes halogenated alkanes) is 1. The minimum Gasteiger partial charge on any atom is -0.270 e. The van der Waals surface area contributed by atoms with Crippen molar-refractivity contribution in [3.8, 4) is 6.07 Å². The van der Waals surface area contributed by atoms with E-state index < -0.39 is 10.8 Å². The highest BCUT2D eigenvalue weighted by atomic mass is 16.6. The van der Waals surface area contributed by atoms with Crippen molar-refractivity contribution in [2.75, 3.05) is 4.90 Å². The second kappa shape index (κ2) is 6.44. The van der Waals surface area contributed by atoms with Gasteiger partial charge in [-0.25, -0.2) is 0 Å². The van der Waals surface area contributed by atoms with Crippen molar-refractivity contribution in [3.63, 3.8) is 0 Å². The number of hydrogen-bond donors (Lipinski definition) is 0. The third-order valence-electron chi connectivity index (χ3n) is 3.87. The molecule has 6 heteroatoms. The molecule has 0 aliphatic carbocycles. The van der Waals surface area contributed by atoms with Crippen molar-refractivity contribution in [3.05, 3.63) is 57.3 Å². The number of aryl methyl sites for hydroxylation is 1. The summed E-state index contributed by atoms with van der Waals surface area (Å²) in [5, 5.41) is 20.6. The van der Waals surface area contributed by atoms with Gasteiger partial charge in [-0.1, -0.05) is 32.1 Å². The Morgan fingerprint density at radius 1 is 1.43 bits per heavy atom. The molecule has 1 aliphatic heterocycles. The zero-order valence-corrected chi connectivity index (χ0v) is 13.1. The minimum atomic E-state index is -0.541. The van der Waals surface area contributed by atoms with Crippen molar-refractivity contribution < 1.29 is 9.72 Å². The van der Waals surface area contributed by atoms with Crippen LogP contribution in [0.25, 0.3) is 0 Å². The van der Waals surface area contributed by atoms with E-state index in [9.17, 15) is 20.2 Å². The number of benzene rings is 1. The number of para-hydroxylation sites is 1. The fourth-order valence-electron chi connectivity index (χ4n) is 2.70. The second-order valence-electron chi connectivity index (χ2n) is 5.36. The molecule has 0 radical (unpaired) electrons. The van der Waals surface area contributed by atoms with Crippen molar-refractivity contribution >= 4 is 17.3 Å². The number of carbonyl (C=O) groups excluding carboxylic acids is 1. The van der Waals surface area contributed by atoms with Crippen LogP contribution in [0.5, 0.6) is 0 Å². The molecule has 2 rings (SSSR count). The van der Waals surface area contributed by atoms with Gasteiger partial charge in [0.15, 0.2) is 0 Å². The molecular weight excluding hydrogens is 294 g/mol. The predicted molar refractivity (Wildman–Crippen MR) is 86.6 cm³/mol. The van der Waals surface area contributed by atoms with Crippen LogP contribution in [0.15, 0.2) is 41.6 Å². The molecule has 0 saturated carbocycles. The third-order valence-corrected chi connectivity index (χ3v) is 3.87. The van der Waals surface area contributed by atoms with Crippen LogP contribution in [0.2, 0.25) is 0 Å². The Kier molecular flexibility index (Phi) is 4.60. The minimum absolute atomic E-state index is 0.0287. The highest BCUT2D eigenvalue weighted by molar-refractivity contribution is 6.16. The van der Waals surface area contributed by atoms with Crippen molar-refractivity contribution in [1.82, 2.24) is 0 Å². The molecule has 1 aliphatic rings. The number of amides is 1. The maximum absolute atomic E-state index is 12.6. The molecule has 0 N–H and O–H groups in total. The maximum atomic E-state index is 12.6. The van der Waals surface area contributed by atoms with Gasteiger partial charge >= 0.3 is 0 Å². The quantitative estimate of drug-likeness (QED) is 0.611. The first kappa shape index (κ1) is 16.4. The Bertz CT molecular complexity index is 772. The van der Waals surface area contributed by atoms with Crippen LogP contribution in [-0.2, 0) is 4.79 Å². The predicted octanol–water partition coefficient (Wildman–Crippen LogP) is 3.77. The normalized spacial score (nSPS) is 14.4. The van der Waals surface area contributed by atoms with E-state index in [1.165, 1.54) is 11.0 Å². The molecule has 0 aromatic heterocycles. The van der Waals surface area contributed by atoms with E-state index in [1.807, 2.05) is 13.0 Å². The first-order chi connectivity index (χ1) is 10.9. The summed E-state index contributed by atoms with van der Waals surface area (Å²) in [6, 6.07) is 6.53. The first-order valence-electron chi connectivity index (χ1n) is 7.35. The summed E-state index contributed by atoms with van der Waals surface area (Å²) >= 11 is 0. The van der Waals surface area contributed by atoms with E-state index in [4.69, 9.17) is 0 Å². The third kappa shape index (κ3) is 2.73. The Labute approximate surface area is 134 Å². The van der Waals surface area contributed by atoms with E-state index in [-0.39, 0.29) is 16.9 Å². The van der Waals surface area contributed by atoms with E-state index in [0.717, 1.165) is 12.8 Å². The van der Waals surface area contributed by atoms with E-state index in [2.05, 4.69) is 6.58 Å². The molecule has 23 heavy (non-hydrogen) atoms. The summed E-state index contributed by atoms with van der Waals surface area (Å²) < 4.78 is 0. The molecule has 0 atom stereocenters. The van der Waals surface area contributed by atoms with Gasteiger partial charge in [0.1, 0.15) is 17.3 Å². The van der Waals surface area contributed by atoms with Gasteiger partial charge in [-0.2, -0.15) is 5.26 Å². The van der Waals surface area contributed by atoms with Crippen LogP contribution in [-0.4, -0.2) is 10.8 Å². The van der Waals surface area contributed by atoms with Crippen molar-refractivity contribution in [1.29, 1.82) is 5.26 Å². The second-order valence-corrected chi connectivity index (χ2v) is 5.36. The van der Waals surface area contributed by atoms with Gasteiger partial charge in [-0.15, -0.1) is 0 Å². The van der Waals surface area contributed by atoms with Gasteiger partial charge < -0.3 is 0 Å². The number of hydrogen-bond acceptors (Lipinski definition) is 4. The molecule has 1 aromatic rings. The Balaban J connectivity index is 2.57. The monoisotopic (exact) mass is 311 g/mol. The topological polar surface area (TPSA) is 87.2 Å². The number of nitro benzene ring substituents is 1. The molecule has 0 unspecified atom stereocenters. The summed E-state index contributed by atoms with van der Waals surface area (Å²) in [6.45, 7) is 7.61. The van der Waals surface area contributed by atoms with Crippen molar-refractivity contribution in [2.24, 2.45) is 0 Å². The lowest BCUT2D eigenvalue weighted by Crippen LogP contribution is -2.26. The van der Waals surface area contributed by atoms with E-state index in [1.54, 1.807) is 19.1 Å². The smallest absolute Gasteiger partial charge is 0.270 e. The van der Waals surface area contributed by atoms with E-state index >= 15 is 0 Å². The SMILES string of the molecule is C=C1C(CCCC)=C(C#N)C(=O)N1c1c(C)cccc1[N+](=O)[O-]. The van der Waals surface area contributed by atoms with Crippen LogP contribution in [0.3, 0.4) is 0 Å². The van der Waals surface area contributed by atoms with Crippen LogP contribution >= 0.6 is 0 Å². The molecule has 6 nitrogen and oxygen atoms in total. The lowest BCUT2D eigenvalue weighted by atomic mass is 10.0. The summed E-state index contributed by atoms with van der Waals surface area (Å²) in [7, 11) is 0. The summed E-state index contributed by atoms with van der Waals surface area (Å²) in [5.74, 6) is -0.541. The largest absolute Gasteiger partial charge is 0.293 e. The average Bonchev–Trinajstić information content (AvgIpc) is 2.75. The Morgan fingerprint density at radius 2 is 2.13 bits per heavy atom. The summed E-state index contributed by atoms with van der Waals surface area (Å²) in [4.78, 5) is 24.6. The highest BCUT2D eigenvalue weighted by Crippen LogP contribution is 2.41. The van der Waals surface area contributed by atoms with Crippen LogP contribution in [0.1, 0.15) is 31.7 Å². The van der Waals surface area contributed by atoms with Gasteiger partial charge in [-0.05, 0) is 30.9 Å². The number of nitriles is 1. The molecule has 0 saturated heterocycles. The molecular formula is C17H17N3O3. The summed E-state index contributed by atoms with van der Waals surface area (Å²) in [5.41, 5.74) is 1.57. The number of rotatable bonds is 5. The van der Waals surface area contributed by atoms with Gasteiger partial charge in [0.25, 0.3) is 11.6 Å². The van der Waals surface area contributed by atoms with Crippen LogP contribution in [0.4, 0.5) is 11.4 Å². The number of nitro groups is 1. The lowest BCUT2D eigenvalue weighted by Gasteiger charge is -2.20. The zero-order chi connectivity index (χ0) is 17.1. The molecule has 0 bridgehead atoms. The van der Waals surface area contributed by atoms with Crippen LogP contribution in [0, 0.1) is 28.4 Å². The average molecular weight is 311 g/mol. The molecule has 0 fully saturated rings. The fourth-order valence-corrected chi connectivity index (χ4v) is 2.70. The maximum Gasteiger partial charge on any atom is 0.293 e. The highest BCUT2D eigenvalue weighted by Gasteiger charge is 2.38. The van der Waals surface area contributed by atoms with E-state index in [0.29, 0.717) is 23.3 Å². The number of allylic oxidation sites excluding steroid dienone is 1. The number of anilines is 1. The Morgan fingerprint density at radius 3 is 2.70 bits per heavy atom. The molecule has 0 spiro atoms. The van der Waals surface area contributed by atoms with Gasteiger partial charge in [0.05, 0.1) is 4.92 Å². The molecule has 118 valence electrons. The summed E-state index contributed by atoms with van der Waals surface area (Å²) in [6.07, 6.45) is 2.28. The van der Waals surface area contributed by atoms with Crippen molar-refractivity contribution in [2.45, 2.75) is 33.1 Å². The standard InChI is InChI=1S/C17H17N3O3/c1-4-5-8-13-12(3)19(17(21)14(13)10-18)16-11(2)7-6-9-15(16)20(22)23/h6-7,9H,3-5,8H2,1-2H3. The number of carbonyl (C=O) groups is 1. The van der Waals surface area contributed by atoms with Crippen LogP contribution < -0.4 is 4.90 Å². The van der Waals surface area contributed by atoms with Gasteiger partial charge in [0.2, 0.25) is 0 Å². The first-order valence-corrected chi connectivity index (χ1v) is 7.35. The van der Waals surface area contributed by atoms with Gasteiger partial charge in [0, 0.05) is 11.8 Å². The molecule has 1 amide bonds. The molecule has 1 heterocycles. The number of nitrogens with zero attached hydrogens (tertiary/aromatic N) is 3. The fraction of sp³-hybridized carbons (Fsp3) is 0.294.